The van der Waals surface area contributed by atoms with E-state index in [4.69, 9.17) is 26.8 Å². The van der Waals surface area contributed by atoms with E-state index >= 15 is 4.39 Å². The predicted molar refractivity (Wildman–Crippen MR) is 140 cm³/mol. The molecule has 2 unspecified atom stereocenters. The van der Waals surface area contributed by atoms with Gasteiger partial charge in [-0.3, -0.25) is 9.88 Å². The van der Waals surface area contributed by atoms with E-state index in [2.05, 4.69) is 20.3 Å². The number of halogens is 2. The van der Waals surface area contributed by atoms with Gasteiger partial charge in [0.1, 0.15) is 24.3 Å². The molecule has 15 nitrogen and oxygen atoms in total. The molecule has 2 aliphatic heterocycles. The molecule has 0 saturated carbocycles. The fraction of sp³-hybridized carbons (Fsp3) is 0.458. The Bertz CT molecular complexity index is 1450. The van der Waals surface area contributed by atoms with Crippen LogP contribution in [0.15, 0.2) is 30.6 Å². The molecule has 17 heteroatoms. The fourth-order valence-corrected chi connectivity index (χ4v) is 5.09. The molecule has 4 atom stereocenters. The topological polar surface area (TPSA) is 218 Å². The Hall–Kier alpha value is -3.67. The van der Waals surface area contributed by atoms with Crippen LogP contribution in [0.25, 0.3) is 11.2 Å². The first-order chi connectivity index (χ1) is 19.5. The van der Waals surface area contributed by atoms with Crippen molar-refractivity contribution in [2.75, 3.05) is 36.9 Å². The summed E-state index contributed by atoms with van der Waals surface area (Å²) in [5.41, 5.74) is 3.86. The number of anilines is 2. The number of rotatable bonds is 9. The highest BCUT2D eigenvalue weighted by atomic mass is 35.5. The largest absolute Gasteiger partial charge is 0.479 e. The minimum Gasteiger partial charge on any atom is -0.479 e. The molecule has 3 aromatic rings. The summed E-state index contributed by atoms with van der Waals surface area (Å²) in [5, 5.41) is 43.5. The number of nitrogens with one attached hydrogen (secondary N) is 1. The van der Waals surface area contributed by atoms with Crippen molar-refractivity contribution in [2.45, 2.75) is 42.8 Å². The second-order valence-electron chi connectivity index (χ2n) is 9.74. The number of aliphatic hydroxyl groups is 2. The first kappa shape index (κ1) is 28.8. The third-order valence-electron chi connectivity index (χ3n) is 7.21. The van der Waals surface area contributed by atoms with Crippen molar-refractivity contribution in [1.82, 2.24) is 24.8 Å². The van der Waals surface area contributed by atoms with Gasteiger partial charge in [0, 0.05) is 25.2 Å². The van der Waals surface area contributed by atoms with Gasteiger partial charge in [-0.25, -0.2) is 19.0 Å². The molecule has 4 heterocycles. The number of alkyl halides is 1. The number of carbonyl (C=O) groups is 2. The van der Waals surface area contributed by atoms with Crippen molar-refractivity contribution in [1.29, 1.82) is 0 Å². The lowest BCUT2D eigenvalue weighted by Crippen LogP contribution is -2.53. The number of nitrogens with zero attached hydrogens (tertiary/aromatic N) is 5. The fourth-order valence-electron chi connectivity index (χ4n) is 4.92. The summed E-state index contributed by atoms with van der Waals surface area (Å²) in [5.74, 6) is -6.36. The quantitative estimate of drug-likeness (QED) is 0.138. The van der Waals surface area contributed by atoms with Gasteiger partial charge in [-0.2, -0.15) is 9.97 Å². The highest BCUT2D eigenvalue weighted by Gasteiger charge is 2.55. The zero-order chi connectivity index (χ0) is 29.5. The Morgan fingerprint density at radius 1 is 1.24 bits per heavy atom. The Morgan fingerprint density at radius 3 is 2.61 bits per heavy atom. The summed E-state index contributed by atoms with van der Waals surface area (Å²) in [6.07, 6.45) is -3.06. The first-order valence-electron chi connectivity index (χ1n) is 12.5. The number of benzene rings is 1. The molecule has 220 valence electrons. The molecule has 2 saturated heterocycles. The summed E-state index contributed by atoms with van der Waals surface area (Å²) < 4.78 is 27.8. The van der Waals surface area contributed by atoms with Crippen molar-refractivity contribution in [3.8, 4) is 0 Å². The lowest BCUT2D eigenvalue weighted by Gasteiger charge is -2.34. The number of imidazole rings is 1. The van der Waals surface area contributed by atoms with Crippen LogP contribution in [0.5, 0.6) is 0 Å². The van der Waals surface area contributed by atoms with Crippen molar-refractivity contribution in [3.63, 3.8) is 0 Å². The van der Waals surface area contributed by atoms with Gasteiger partial charge in [-0.05, 0) is 35.7 Å². The van der Waals surface area contributed by atoms with E-state index in [0.717, 1.165) is 17.3 Å². The number of hydrogen-bond donors (Lipinski definition) is 6. The van der Waals surface area contributed by atoms with Gasteiger partial charge in [0.05, 0.1) is 12.9 Å². The van der Waals surface area contributed by atoms with Crippen LogP contribution in [0.2, 0.25) is 5.28 Å². The van der Waals surface area contributed by atoms with Gasteiger partial charge in [0.15, 0.2) is 17.8 Å². The molecule has 0 amide bonds. The van der Waals surface area contributed by atoms with Crippen molar-refractivity contribution in [3.05, 3.63) is 41.4 Å². The van der Waals surface area contributed by atoms with Crippen molar-refractivity contribution < 1.29 is 43.9 Å². The third kappa shape index (κ3) is 5.13. The maximum atomic E-state index is 16.1. The number of carboxylic acids is 2. The van der Waals surface area contributed by atoms with Crippen LogP contribution in [-0.2, 0) is 31.3 Å². The predicted octanol–water partition coefficient (Wildman–Crippen LogP) is -0.313. The number of aliphatic carboxylic acids is 2. The van der Waals surface area contributed by atoms with E-state index < -0.39 is 61.5 Å². The maximum Gasteiger partial charge on any atom is 0.348 e. The molecule has 1 aromatic carbocycles. The summed E-state index contributed by atoms with van der Waals surface area (Å²) in [6.45, 7) is -0.250. The molecule has 0 bridgehead atoms. The van der Waals surface area contributed by atoms with E-state index in [-0.39, 0.29) is 22.3 Å². The molecule has 41 heavy (non-hydrogen) atoms. The van der Waals surface area contributed by atoms with Gasteiger partial charge in [-0.15, -0.1) is 0 Å². The minimum absolute atomic E-state index is 0.0335. The van der Waals surface area contributed by atoms with Gasteiger partial charge in [0.25, 0.3) is 5.60 Å². The lowest BCUT2D eigenvalue weighted by atomic mass is 9.93. The molecule has 0 radical (unpaired) electrons. The molecule has 0 aliphatic carbocycles. The average molecular weight is 596 g/mol. The molecule has 5 rings (SSSR count). The minimum atomic E-state index is -2.78. The normalized spacial score (nSPS) is 25.1. The summed E-state index contributed by atoms with van der Waals surface area (Å²) in [6, 6.07) is 6.30. The maximum absolute atomic E-state index is 16.1. The number of carboxylic acid groups (broad SMARTS) is 2. The molecule has 2 aliphatic rings. The smallest absolute Gasteiger partial charge is 0.348 e. The Balaban J connectivity index is 1.33. The van der Waals surface area contributed by atoms with E-state index in [1.54, 1.807) is 17.0 Å². The Labute approximate surface area is 236 Å². The molecule has 7 N–H and O–H groups in total. The summed E-state index contributed by atoms with van der Waals surface area (Å²) in [7, 11) is 0. The van der Waals surface area contributed by atoms with Crippen LogP contribution < -0.4 is 16.0 Å². The van der Waals surface area contributed by atoms with Gasteiger partial charge >= 0.3 is 11.9 Å². The van der Waals surface area contributed by atoms with E-state index in [1.807, 2.05) is 0 Å². The molecule has 0 spiro atoms. The number of nitrogen functional groups attached to an aromatic ring is 1. The highest BCUT2D eigenvalue weighted by molar-refractivity contribution is 6.28. The summed E-state index contributed by atoms with van der Waals surface area (Å²) in [4.78, 5) is 37.8. The third-order valence-corrected chi connectivity index (χ3v) is 7.37. The van der Waals surface area contributed by atoms with Gasteiger partial charge < -0.3 is 40.5 Å². The van der Waals surface area contributed by atoms with Gasteiger partial charge in [-0.1, -0.05) is 12.1 Å². The average Bonchev–Trinajstić information content (AvgIpc) is 3.49. The van der Waals surface area contributed by atoms with Crippen LogP contribution >= 0.6 is 11.6 Å². The van der Waals surface area contributed by atoms with Crippen LogP contribution in [0, 0.1) is 0 Å². The number of ether oxygens (including phenoxy) is 2. The molecule has 2 aromatic heterocycles. The van der Waals surface area contributed by atoms with Crippen LogP contribution in [-0.4, -0.2) is 102 Å². The number of aliphatic hydroxyl groups excluding tert-OH is 2. The standard InChI is InChI=1S/C24H27ClFN7O8/c25-21-30-17(27)15-18(31-21)33(11-29-15)24(26)10-40-14(16(24)34)9-41-23(19(35)36,20(37)38)8-12-2-4-13(5-3-12)32-7-1-6-28-22(32)39/h2-5,11,14,16,22,28,34,39H,1,6-10H2,(H,35,36)(H,37,38)(H2,27,30,31)/t14-,16-,22?,24?/m1/s1. The number of fused-ring (bicyclic) bond motifs is 1. The SMILES string of the molecule is Nc1nc(Cl)nc2c1ncn2C1(F)CO[C@H](COC(Cc2ccc(N3CCCNC3O)cc2)(C(=O)O)C(=O)O)[C@H]1O. The molecular formula is C24H27ClFN7O8. The molecule has 2 fully saturated rings. The highest BCUT2D eigenvalue weighted by Crippen LogP contribution is 2.37. The van der Waals surface area contributed by atoms with Crippen LogP contribution in [0.3, 0.4) is 0 Å². The zero-order valence-corrected chi connectivity index (χ0v) is 22.1. The second kappa shape index (κ2) is 11.0. The van der Waals surface area contributed by atoms with Crippen molar-refractivity contribution >= 4 is 46.2 Å². The van der Waals surface area contributed by atoms with E-state index in [9.17, 15) is 30.0 Å². The van der Waals surface area contributed by atoms with E-state index in [0.29, 0.717) is 24.3 Å². The number of nitrogens with two attached hydrogens (primary N) is 1. The second-order valence-corrected chi connectivity index (χ2v) is 10.1. The van der Waals surface area contributed by atoms with E-state index in [1.165, 1.54) is 12.1 Å². The Morgan fingerprint density at radius 2 is 1.95 bits per heavy atom. The lowest BCUT2D eigenvalue weighted by molar-refractivity contribution is -0.188. The van der Waals surface area contributed by atoms with Crippen molar-refractivity contribution in [2.24, 2.45) is 0 Å². The number of aromatic nitrogens is 4. The van der Waals surface area contributed by atoms with Crippen LogP contribution in [0.1, 0.15) is 12.0 Å². The number of hydrogen-bond acceptors (Lipinski definition) is 12. The monoisotopic (exact) mass is 595 g/mol. The van der Waals surface area contributed by atoms with Gasteiger partial charge in [0.2, 0.25) is 11.1 Å². The molecular weight excluding hydrogens is 569 g/mol. The van der Waals surface area contributed by atoms with Crippen LogP contribution in [0.4, 0.5) is 15.9 Å². The summed E-state index contributed by atoms with van der Waals surface area (Å²) >= 11 is 5.84. The Kier molecular flexibility index (Phi) is 7.71. The zero-order valence-electron chi connectivity index (χ0n) is 21.4. The first-order valence-corrected chi connectivity index (χ1v) is 12.9.